The van der Waals surface area contributed by atoms with Crippen LogP contribution in [0.2, 0.25) is 0 Å². The first-order valence-corrected chi connectivity index (χ1v) is 6.13. The molecule has 0 bridgehead atoms. The maximum Gasteiger partial charge on any atom is 0.228 e. The summed E-state index contributed by atoms with van der Waals surface area (Å²) in [5.74, 6) is -0.0668. The summed E-state index contributed by atoms with van der Waals surface area (Å²) in [5, 5.41) is 13.5. The number of rotatable bonds is 5. The summed E-state index contributed by atoms with van der Waals surface area (Å²) in [6, 6.07) is 7.46. The highest BCUT2D eigenvalue weighted by atomic mass is 16.1. The summed E-state index contributed by atoms with van der Waals surface area (Å²) >= 11 is 0. The van der Waals surface area contributed by atoms with Gasteiger partial charge in [0, 0.05) is 18.2 Å². The van der Waals surface area contributed by atoms with E-state index in [0.717, 1.165) is 11.4 Å². The monoisotopic (exact) mass is 259 g/mol. The topological polar surface area (TPSA) is 71.8 Å². The molecule has 1 atom stereocenters. The second kappa shape index (κ2) is 6.10. The number of nitrogens with one attached hydrogen (secondary N) is 2. The van der Waals surface area contributed by atoms with Crippen molar-refractivity contribution < 1.29 is 4.79 Å². The lowest BCUT2D eigenvalue weighted by Gasteiger charge is -2.11. The maximum absolute atomic E-state index is 11.8. The van der Waals surface area contributed by atoms with Crippen LogP contribution in [0.1, 0.15) is 6.92 Å². The molecule has 2 rings (SSSR count). The molecule has 0 aliphatic heterocycles. The Balaban J connectivity index is 2.01. The molecule has 2 aromatic rings. The molecule has 0 spiro atoms. The molecule has 0 aliphatic carbocycles. The van der Waals surface area contributed by atoms with Gasteiger partial charge in [-0.2, -0.15) is 0 Å². The van der Waals surface area contributed by atoms with Crippen molar-refractivity contribution in [3.63, 3.8) is 0 Å². The van der Waals surface area contributed by atoms with Gasteiger partial charge in [0.15, 0.2) is 0 Å². The molecule has 1 aromatic carbocycles. The van der Waals surface area contributed by atoms with Crippen molar-refractivity contribution in [1.29, 1.82) is 0 Å². The summed E-state index contributed by atoms with van der Waals surface area (Å²) in [4.78, 5) is 11.8. The van der Waals surface area contributed by atoms with Crippen molar-refractivity contribution in [1.82, 2.24) is 20.3 Å². The molecule has 1 heterocycles. The predicted molar refractivity (Wildman–Crippen MR) is 73.1 cm³/mol. The zero-order valence-corrected chi connectivity index (χ0v) is 11.0. The third-order valence-corrected chi connectivity index (χ3v) is 2.78. The van der Waals surface area contributed by atoms with Crippen LogP contribution < -0.4 is 10.6 Å². The second-order valence-corrected chi connectivity index (χ2v) is 4.34. The van der Waals surface area contributed by atoms with Gasteiger partial charge in [0.05, 0.1) is 18.1 Å². The molecule has 1 amide bonds. The van der Waals surface area contributed by atoms with Gasteiger partial charge in [-0.05, 0) is 31.3 Å². The molecule has 0 saturated carbocycles. The quantitative estimate of drug-likeness (QED) is 0.842. The van der Waals surface area contributed by atoms with Crippen molar-refractivity contribution in [2.45, 2.75) is 6.92 Å². The van der Waals surface area contributed by atoms with Crippen molar-refractivity contribution in [3.05, 3.63) is 36.7 Å². The average molecular weight is 259 g/mol. The molecular weight excluding hydrogens is 242 g/mol. The normalized spacial score (nSPS) is 12.1. The number of benzene rings is 1. The number of hydrogen-bond acceptors (Lipinski definition) is 4. The third-order valence-electron chi connectivity index (χ3n) is 2.78. The number of hydrogen-bond donors (Lipinski definition) is 2. The van der Waals surface area contributed by atoms with Crippen LogP contribution >= 0.6 is 0 Å². The smallest absolute Gasteiger partial charge is 0.228 e. The van der Waals surface area contributed by atoms with E-state index in [0.29, 0.717) is 6.54 Å². The Kier molecular flexibility index (Phi) is 4.25. The fourth-order valence-electron chi connectivity index (χ4n) is 1.71. The van der Waals surface area contributed by atoms with E-state index < -0.39 is 0 Å². The van der Waals surface area contributed by atoms with Crippen LogP contribution in [-0.2, 0) is 4.79 Å². The molecule has 6 nitrogen and oxygen atoms in total. The Morgan fingerprint density at radius 3 is 2.68 bits per heavy atom. The minimum absolute atomic E-state index is 0.00264. The molecule has 1 aromatic heterocycles. The van der Waals surface area contributed by atoms with E-state index in [9.17, 15) is 4.79 Å². The van der Waals surface area contributed by atoms with Crippen molar-refractivity contribution in [2.24, 2.45) is 5.92 Å². The van der Waals surface area contributed by atoms with Crippen LogP contribution in [0, 0.1) is 5.92 Å². The Labute approximate surface area is 111 Å². The molecule has 0 radical (unpaired) electrons. The van der Waals surface area contributed by atoms with E-state index in [1.165, 1.54) is 0 Å². The van der Waals surface area contributed by atoms with Gasteiger partial charge in [-0.25, -0.2) is 4.68 Å². The summed E-state index contributed by atoms with van der Waals surface area (Å²) in [6.45, 7) is 2.54. The van der Waals surface area contributed by atoms with Gasteiger partial charge in [-0.15, -0.1) is 5.10 Å². The van der Waals surface area contributed by atoms with Crippen LogP contribution in [0.3, 0.4) is 0 Å². The van der Waals surface area contributed by atoms with Crippen LogP contribution in [0.4, 0.5) is 5.69 Å². The van der Waals surface area contributed by atoms with Gasteiger partial charge in [0.2, 0.25) is 5.91 Å². The largest absolute Gasteiger partial charge is 0.326 e. The van der Waals surface area contributed by atoms with Gasteiger partial charge >= 0.3 is 0 Å². The second-order valence-electron chi connectivity index (χ2n) is 4.34. The highest BCUT2D eigenvalue weighted by molar-refractivity contribution is 5.92. The van der Waals surface area contributed by atoms with Crippen LogP contribution in [-0.4, -0.2) is 34.5 Å². The summed E-state index contributed by atoms with van der Waals surface area (Å²) in [5.41, 5.74) is 1.68. The minimum Gasteiger partial charge on any atom is -0.326 e. The van der Waals surface area contributed by atoms with E-state index in [1.807, 2.05) is 38.2 Å². The fraction of sp³-hybridized carbons (Fsp3) is 0.308. The first-order valence-electron chi connectivity index (χ1n) is 6.13. The SMILES string of the molecule is CNCC(C)C(=O)Nc1ccc(-n2ccnn2)cc1. The summed E-state index contributed by atoms with van der Waals surface area (Å²) in [7, 11) is 1.83. The first-order chi connectivity index (χ1) is 9.20. The van der Waals surface area contributed by atoms with Gasteiger partial charge < -0.3 is 10.6 Å². The van der Waals surface area contributed by atoms with E-state index in [4.69, 9.17) is 0 Å². The highest BCUT2D eigenvalue weighted by Gasteiger charge is 2.11. The first kappa shape index (κ1) is 13.2. The molecule has 0 saturated heterocycles. The van der Waals surface area contributed by atoms with E-state index >= 15 is 0 Å². The molecule has 0 aliphatic rings. The van der Waals surface area contributed by atoms with Crippen LogP contribution in [0.25, 0.3) is 5.69 Å². The molecule has 0 fully saturated rings. The molecule has 19 heavy (non-hydrogen) atoms. The fourth-order valence-corrected chi connectivity index (χ4v) is 1.71. The van der Waals surface area contributed by atoms with Crippen molar-refractivity contribution in [3.8, 4) is 5.69 Å². The Morgan fingerprint density at radius 1 is 1.37 bits per heavy atom. The Bertz CT molecular complexity index is 520. The minimum atomic E-state index is -0.0695. The number of nitrogens with zero attached hydrogens (tertiary/aromatic N) is 3. The maximum atomic E-state index is 11.8. The Morgan fingerprint density at radius 2 is 2.11 bits per heavy atom. The van der Waals surface area contributed by atoms with Crippen LogP contribution in [0.15, 0.2) is 36.7 Å². The average Bonchev–Trinajstić information content (AvgIpc) is 2.94. The predicted octanol–water partition coefficient (Wildman–Crippen LogP) is 1.06. The summed E-state index contributed by atoms with van der Waals surface area (Å²) in [6.07, 6.45) is 3.39. The lowest BCUT2D eigenvalue weighted by Crippen LogP contribution is -2.28. The number of aromatic nitrogens is 3. The number of carbonyl (C=O) groups excluding carboxylic acids is 1. The summed E-state index contributed by atoms with van der Waals surface area (Å²) < 4.78 is 1.66. The molecule has 100 valence electrons. The van der Waals surface area contributed by atoms with E-state index in [1.54, 1.807) is 17.1 Å². The lowest BCUT2D eigenvalue weighted by atomic mass is 10.1. The van der Waals surface area contributed by atoms with Gasteiger partial charge in [0.25, 0.3) is 0 Å². The molecule has 6 heteroatoms. The van der Waals surface area contributed by atoms with Gasteiger partial charge in [0.1, 0.15) is 0 Å². The van der Waals surface area contributed by atoms with Crippen LogP contribution in [0.5, 0.6) is 0 Å². The van der Waals surface area contributed by atoms with E-state index in [2.05, 4.69) is 20.9 Å². The molecule has 1 unspecified atom stereocenters. The molecule has 2 N–H and O–H groups in total. The van der Waals surface area contributed by atoms with Crippen molar-refractivity contribution in [2.75, 3.05) is 18.9 Å². The third kappa shape index (κ3) is 3.38. The number of carbonyl (C=O) groups is 1. The standard InChI is InChI=1S/C13H17N5O/c1-10(9-14-2)13(19)16-11-3-5-12(6-4-11)18-8-7-15-17-18/h3-8,10,14H,9H2,1-2H3,(H,16,19). The lowest BCUT2D eigenvalue weighted by molar-refractivity contribution is -0.119. The van der Waals surface area contributed by atoms with Crippen molar-refractivity contribution >= 4 is 11.6 Å². The zero-order valence-electron chi connectivity index (χ0n) is 11.0. The van der Waals surface area contributed by atoms with Gasteiger partial charge in [-0.3, -0.25) is 4.79 Å². The zero-order chi connectivity index (χ0) is 13.7. The Hall–Kier alpha value is -2.21. The highest BCUT2D eigenvalue weighted by Crippen LogP contribution is 2.13. The van der Waals surface area contributed by atoms with Gasteiger partial charge in [-0.1, -0.05) is 12.1 Å². The number of anilines is 1. The van der Waals surface area contributed by atoms with E-state index in [-0.39, 0.29) is 11.8 Å². The number of amides is 1. The molecular formula is C13H17N5O.